The van der Waals surface area contributed by atoms with Crippen LogP contribution in [0.4, 0.5) is 0 Å². The third-order valence-electron chi connectivity index (χ3n) is 3.95. The second kappa shape index (κ2) is 5.21. The minimum atomic E-state index is -0.178. The van der Waals surface area contributed by atoms with Gasteiger partial charge in [-0.15, -0.1) is 0 Å². The van der Waals surface area contributed by atoms with Crippen molar-refractivity contribution in [2.45, 2.75) is 18.9 Å². The zero-order valence-electron chi connectivity index (χ0n) is 11.5. The lowest BCUT2D eigenvalue weighted by Crippen LogP contribution is -2.39. The summed E-state index contributed by atoms with van der Waals surface area (Å²) in [4.78, 5) is 18.6. The van der Waals surface area contributed by atoms with E-state index >= 15 is 0 Å². The molecule has 0 radical (unpaired) electrons. The van der Waals surface area contributed by atoms with Gasteiger partial charge in [-0.25, -0.2) is 0 Å². The van der Waals surface area contributed by atoms with Crippen LogP contribution in [0.3, 0.4) is 0 Å². The first-order valence-corrected chi connectivity index (χ1v) is 6.92. The predicted molar refractivity (Wildman–Crippen MR) is 77.4 cm³/mol. The van der Waals surface area contributed by atoms with Crippen molar-refractivity contribution in [1.82, 2.24) is 9.88 Å². The minimum Gasteiger partial charge on any atom is -0.393 e. The molecule has 4 nitrogen and oxygen atoms in total. The van der Waals surface area contributed by atoms with E-state index < -0.39 is 0 Å². The molecule has 4 heteroatoms. The fraction of sp³-hybridized carbons (Fsp3) is 0.375. The number of carbonyl (C=O) groups is 1. The average Bonchev–Trinajstić information content (AvgIpc) is 2.44. The van der Waals surface area contributed by atoms with Gasteiger partial charge in [-0.3, -0.25) is 9.78 Å². The maximum absolute atomic E-state index is 12.5. The Kier molecular flexibility index (Phi) is 3.40. The number of carbonyl (C=O) groups excluding carboxylic acids is 1. The van der Waals surface area contributed by atoms with Crippen LogP contribution >= 0.6 is 0 Å². The molecule has 1 heterocycles. The SMILES string of the molecule is CN(CC1CC(O)C1)C(=O)c1cccc2cccnc12. The first-order valence-electron chi connectivity index (χ1n) is 6.92. The number of amides is 1. The van der Waals surface area contributed by atoms with Crippen molar-refractivity contribution in [2.75, 3.05) is 13.6 Å². The van der Waals surface area contributed by atoms with E-state index in [1.54, 1.807) is 11.1 Å². The molecule has 0 aliphatic heterocycles. The molecule has 1 saturated carbocycles. The van der Waals surface area contributed by atoms with Gasteiger partial charge in [-0.05, 0) is 30.9 Å². The highest BCUT2D eigenvalue weighted by Crippen LogP contribution is 2.28. The summed E-state index contributed by atoms with van der Waals surface area (Å²) < 4.78 is 0. The summed E-state index contributed by atoms with van der Waals surface area (Å²) in [6.45, 7) is 0.694. The Labute approximate surface area is 118 Å². The highest BCUT2D eigenvalue weighted by molar-refractivity contribution is 6.05. The molecule has 1 aliphatic rings. The van der Waals surface area contributed by atoms with Crippen LogP contribution in [0.5, 0.6) is 0 Å². The van der Waals surface area contributed by atoms with Crippen molar-refractivity contribution in [3.8, 4) is 0 Å². The van der Waals surface area contributed by atoms with E-state index in [2.05, 4.69) is 4.98 Å². The lowest BCUT2D eigenvalue weighted by Gasteiger charge is -2.34. The van der Waals surface area contributed by atoms with Crippen LogP contribution in [0.25, 0.3) is 10.9 Å². The number of aliphatic hydroxyl groups is 1. The topological polar surface area (TPSA) is 53.4 Å². The Balaban J connectivity index is 1.81. The Hall–Kier alpha value is -1.94. The van der Waals surface area contributed by atoms with Gasteiger partial charge in [0.05, 0.1) is 17.2 Å². The van der Waals surface area contributed by atoms with Crippen LogP contribution in [0, 0.1) is 5.92 Å². The Morgan fingerprint density at radius 3 is 2.85 bits per heavy atom. The van der Waals surface area contributed by atoms with E-state index in [-0.39, 0.29) is 12.0 Å². The molecule has 0 spiro atoms. The molecular weight excluding hydrogens is 252 g/mol. The Bertz CT molecular complexity index is 630. The summed E-state index contributed by atoms with van der Waals surface area (Å²) >= 11 is 0. The quantitative estimate of drug-likeness (QED) is 0.929. The molecule has 1 fully saturated rings. The highest BCUT2D eigenvalue weighted by atomic mass is 16.3. The molecule has 2 aromatic rings. The largest absolute Gasteiger partial charge is 0.393 e. The number of aliphatic hydroxyl groups excluding tert-OH is 1. The van der Waals surface area contributed by atoms with Gasteiger partial charge in [-0.1, -0.05) is 18.2 Å². The van der Waals surface area contributed by atoms with Gasteiger partial charge in [0.25, 0.3) is 5.91 Å². The fourth-order valence-electron chi connectivity index (χ4n) is 2.80. The van der Waals surface area contributed by atoms with Gasteiger partial charge in [0, 0.05) is 25.2 Å². The number of para-hydroxylation sites is 1. The second-order valence-electron chi connectivity index (χ2n) is 5.56. The monoisotopic (exact) mass is 270 g/mol. The molecule has 0 saturated heterocycles. The lowest BCUT2D eigenvalue weighted by molar-refractivity contribution is 0.0266. The zero-order chi connectivity index (χ0) is 14.1. The van der Waals surface area contributed by atoms with Crippen LogP contribution in [-0.4, -0.2) is 40.6 Å². The first kappa shape index (κ1) is 13.1. The molecule has 1 N–H and O–H groups in total. The number of rotatable bonds is 3. The number of hydrogen-bond acceptors (Lipinski definition) is 3. The van der Waals surface area contributed by atoms with E-state index in [9.17, 15) is 9.90 Å². The highest BCUT2D eigenvalue weighted by Gasteiger charge is 2.29. The van der Waals surface area contributed by atoms with Crippen LogP contribution in [0.2, 0.25) is 0 Å². The Morgan fingerprint density at radius 2 is 2.10 bits per heavy atom. The van der Waals surface area contributed by atoms with E-state index in [0.717, 1.165) is 23.7 Å². The summed E-state index contributed by atoms with van der Waals surface area (Å²) in [5.41, 5.74) is 1.39. The molecule has 0 unspecified atom stereocenters. The summed E-state index contributed by atoms with van der Waals surface area (Å²) in [6, 6.07) is 9.50. The molecule has 0 bridgehead atoms. The van der Waals surface area contributed by atoms with E-state index in [1.807, 2.05) is 37.4 Å². The number of nitrogens with zero attached hydrogens (tertiary/aromatic N) is 2. The molecular formula is C16H18N2O2. The molecule has 20 heavy (non-hydrogen) atoms. The first-order chi connectivity index (χ1) is 9.65. The molecule has 104 valence electrons. The third-order valence-corrected chi connectivity index (χ3v) is 3.95. The summed E-state index contributed by atoms with van der Waals surface area (Å²) in [7, 11) is 1.81. The summed E-state index contributed by atoms with van der Waals surface area (Å²) in [5.74, 6) is 0.414. The van der Waals surface area contributed by atoms with Gasteiger partial charge in [0.15, 0.2) is 0 Å². The van der Waals surface area contributed by atoms with E-state index in [0.29, 0.717) is 18.0 Å². The normalized spacial score (nSPS) is 21.5. The molecule has 1 aromatic carbocycles. The molecule has 3 rings (SSSR count). The number of hydrogen-bond donors (Lipinski definition) is 1. The van der Waals surface area contributed by atoms with Crippen molar-refractivity contribution in [1.29, 1.82) is 0 Å². The standard InChI is InChI=1S/C16H18N2O2/c1-18(10-11-8-13(19)9-11)16(20)14-6-2-4-12-5-3-7-17-15(12)14/h2-7,11,13,19H,8-10H2,1H3. The van der Waals surface area contributed by atoms with Crippen molar-refractivity contribution in [2.24, 2.45) is 5.92 Å². The predicted octanol–water partition coefficient (Wildman–Crippen LogP) is 2.08. The van der Waals surface area contributed by atoms with E-state index in [4.69, 9.17) is 0 Å². The maximum Gasteiger partial charge on any atom is 0.255 e. The number of aromatic nitrogens is 1. The van der Waals surface area contributed by atoms with Crippen LogP contribution in [0.1, 0.15) is 23.2 Å². The number of benzene rings is 1. The maximum atomic E-state index is 12.5. The van der Waals surface area contributed by atoms with Crippen molar-refractivity contribution in [3.05, 3.63) is 42.1 Å². The Morgan fingerprint density at radius 1 is 1.35 bits per heavy atom. The van der Waals surface area contributed by atoms with Crippen LogP contribution in [-0.2, 0) is 0 Å². The van der Waals surface area contributed by atoms with Gasteiger partial charge in [0.2, 0.25) is 0 Å². The van der Waals surface area contributed by atoms with Gasteiger partial charge < -0.3 is 10.0 Å². The van der Waals surface area contributed by atoms with Crippen molar-refractivity contribution in [3.63, 3.8) is 0 Å². The fourth-order valence-corrected chi connectivity index (χ4v) is 2.80. The number of fused-ring (bicyclic) bond motifs is 1. The van der Waals surface area contributed by atoms with E-state index in [1.165, 1.54) is 0 Å². The van der Waals surface area contributed by atoms with Crippen LogP contribution < -0.4 is 0 Å². The summed E-state index contributed by atoms with van der Waals surface area (Å²) in [5, 5.41) is 10.3. The van der Waals surface area contributed by atoms with Crippen LogP contribution in [0.15, 0.2) is 36.5 Å². The zero-order valence-corrected chi connectivity index (χ0v) is 11.5. The number of pyridine rings is 1. The smallest absolute Gasteiger partial charge is 0.255 e. The summed E-state index contributed by atoms with van der Waals surface area (Å²) in [6.07, 6.45) is 3.13. The lowest BCUT2D eigenvalue weighted by atomic mass is 9.82. The molecule has 1 aromatic heterocycles. The van der Waals surface area contributed by atoms with Crippen molar-refractivity contribution < 1.29 is 9.90 Å². The minimum absolute atomic E-state index is 0.00399. The van der Waals surface area contributed by atoms with Gasteiger partial charge in [0.1, 0.15) is 0 Å². The van der Waals surface area contributed by atoms with Gasteiger partial charge >= 0.3 is 0 Å². The third kappa shape index (κ3) is 2.39. The van der Waals surface area contributed by atoms with Crippen molar-refractivity contribution >= 4 is 16.8 Å². The molecule has 1 aliphatic carbocycles. The average molecular weight is 270 g/mol. The molecule has 1 amide bonds. The van der Waals surface area contributed by atoms with Gasteiger partial charge in [-0.2, -0.15) is 0 Å². The second-order valence-corrected chi connectivity index (χ2v) is 5.56. The molecule has 0 atom stereocenters.